The summed E-state index contributed by atoms with van der Waals surface area (Å²) in [4.78, 5) is 20.9. The molecular weight excluding hydrogens is 134 g/mol. The predicted molar refractivity (Wildman–Crippen MR) is 36.0 cm³/mol. The summed E-state index contributed by atoms with van der Waals surface area (Å²) in [5, 5.41) is 8.67. The van der Waals surface area contributed by atoms with Gasteiger partial charge in [-0.05, 0) is 6.37 Å². The van der Waals surface area contributed by atoms with Gasteiger partial charge in [-0.25, -0.2) is 4.79 Å². The Hall–Kier alpha value is -1.06. The van der Waals surface area contributed by atoms with E-state index in [1.165, 1.54) is 0 Å². The van der Waals surface area contributed by atoms with Gasteiger partial charge in [0.1, 0.15) is 7.63 Å². The lowest BCUT2D eigenvalue weighted by Gasteiger charge is -2.10. The molecule has 0 saturated heterocycles. The Labute approximate surface area is 72.1 Å². The van der Waals surface area contributed by atoms with Gasteiger partial charge >= 0.3 is 6.09 Å². The summed E-state index contributed by atoms with van der Waals surface area (Å²) in [6.45, 7) is -6.16. The Morgan fingerprint density at radius 2 is 2.80 bits per heavy atom. The van der Waals surface area contributed by atoms with E-state index in [4.69, 9.17) is 17.4 Å². The summed E-state index contributed by atoms with van der Waals surface area (Å²) >= 11 is 0. The highest BCUT2D eigenvalue weighted by Crippen LogP contribution is 1.89. The molecule has 0 saturated carbocycles. The molecule has 10 heavy (non-hydrogen) atoms. The SMILES string of the molecule is [2H]C(=O)C([2H])([2H])C([2H])([2H])C([2H])N(C(=O)O)C([2H])([2H])[2H]. The molecule has 1 N–H and O–H groups in total. The maximum atomic E-state index is 10.8. The van der Waals surface area contributed by atoms with Crippen LogP contribution in [-0.4, -0.2) is 35.9 Å². The minimum Gasteiger partial charge on any atom is -0.465 e. The van der Waals surface area contributed by atoms with Crippen LogP contribution >= 0.6 is 0 Å². The molecule has 0 spiro atoms. The van der Waals surface area contributed by atoms with E-state index in [1.807, 2.05) is 0 Å². The van der Waals surface area contributed by atoms with Gasteiger partial charge in [0.2, 0.25) is 0 Å². The summed E-state index contributed by atoms with van der Waals surface area (Å²) in [7, 11) is 0. The van der Waals surface area contributed by atoms with Crippen LogP contribution in [0.4, 0.5) is 4.79 Å². The molecule has 0 aliphatic rings. The van der Waals surface area contributed by atoms with E-state index in [9.17, 15) is 9.59 Å². The molecule has 1 unspecified atom stereocenters. The molecule has 1 amide bonds. The second kappa shape index (κ2) is 4.78. The van der Waals surface area contributed by atoms with Crippen molar-refractivity contribution in [3.05, 3.63) is 0 Å². The molecule has 0 aliphatic carbocycles. The third-order valence-corrected chi connectivity index (χ3v) is 0.523. The van der Waals surface area contributed by atoms with Gasteiger partial charge in [0.05, 0.1) is 0 Å². The van der Waals surface area contributed by atoms with Crippen molar-refractivity contribution in [1.29, 1.82) is 0 Å². The van der Waals surface area contributed by atoms with E-state index < -0.39 is 43.5 Å². The first kappa shape index (κ1) is 1.96. The number of hydrogen-bond donors (Lipinski definition) is 1. The van der Waals surface area contributed by atoms with E-state index in [0.29, 0.717) is 0 Å². The first-order valence-corrected chi connectivity index (χ1v) is 2.13. The van der Waals surface area contributed by atoms with Gasteiger partial charge in [0, 0.05) is 30.8 Å². The molecule has 0 aromatic rings. The van der Waals surface area contributed by atoms with Crippen molar-refractivity contribution in [2.24, 2.45) is 0 Å². The van der Waals surface area contributed by atoms with Crippen molar-refractivity contribution in [2.45, 2.75) is 12.7 Å². The molecule has 4 heteroatoms. The third-order valence-electron chi connectivity index (χ3n) is 0.523. The fourth-order valence-corrected chi connectivity index (χ4v) is 0.182. The molecule has 1 atom stereocenters. The molecular formula is C6H11NO3. The fourth-order valence-electron chi connectivity index (χ4n) is 0.182. The summed E-state index contributed by atoms with van der Waals surface area (Å²) in [5.74, 6) is 0. The van der Waals surface area contributed by atoms with E-state index >= 15 is 0 Å². The predicted octanol–water partition coefficient (Wildman–Crippen LogP) is 0.575. The highest BCUT2D eigenvalue weighted by atomic mass is 16.4. The number of hydrogen-bond acceptors (Lipinski definition) is 2. The summed E-state index contributed by atoms with van der Waals surface area (Å²) < 4.78 is 63.3. The Balaban J connectivity index is 5.67. The molecule has 0 aromatic carbocycles. The summed E-state index contributed by atoms with van der Waals surface area (Å²) in [6, 6.07) is 0. The van der Waals surface area contributed by atoms with Crippen LogP contribution in [0.15, 0.2) is 0 Å². The smallest absolute Gasteiger partial charge is 0.407 e. The van der Waals surface area contributed by atoms with Gasteiger partial charge in [-0.15, -0.1) is 0 Å². The normalized spacial score (nSPS) is 29.4. The molecule has 0 aromatic heterocycles. The van der Waals surface area contributed by atoms with Crippen LogP contribution in [0.5, 0.6) is 0 Å². The number of amides is 1. The molecule has 0 radical (unpaired) electrons. The molecule has 0 aliphatic heterocycles. The molecule has 4 nitrogen and oxygen atoms in total. The second-order valence-electron chi connectivity index (χ2n) is 1.15. The second-order valence-corrected chi connectivity index (χ2v) is 1.15. The van der Waals surface area contributed by atoms with E-state index in [-0.39, 0.29) is 0 Å². The average molecular weight is 154 g/mol. The zero-order chi connectivity index (χ0) is 15.8. The van der Waals surface area contributed by atoms with E-state index in [1.54, 1.807) is 0 Å². The van der Waals surface area contributed by atoms with Crippen LogP contribution in [-0.2, 0) is 4.79 Å². The van der Waals surface area contributed by atoms with Crippen LogP contribution in [0.3, 0.4) is 0 Å². The van der Waals surface area contributed by atoms with E-state index in [2.05, 4.69) is 0 Å². The highest BCUT2D eigenvalue weighted by molar-refractivity contribution is 5.64. The first-order chi connectivity index (χ1) is 8.17. The van der Waals surface area contributed by atoms with Crippen molar-refractivity contribution >= 4 is 12.4 Å². The average Bonchev–Trinajstić information content (AvgIpc) is 2.13. The Bertz CT molecular complexity index is 379. The number of carbonyl (C=O) groups is 2. The Kier molecular flexibility index (Phi) is 0.940. The first-order valence-electron chi connectivity index (χ1n) is 6.70. The molecule has 0 fully saturated rings. The van der Waals surface area contributed by atoms with Crippen molar-refractivity contribution < 1.29 is 27.0 Å². The Morgan fingerprint density at radius 3 is 3.20 bits per heavy atom. The van der Waals surface area contributed by atoms with Gasteiger partial charge in [-0.3, -0.25) is 0 Å². The van der Waals surface area contributed by atoms with Crippen LogP contribution in [0.1, 0.15) is 25.1 Å². The van der Waals surface area contributed by atoms with Crippen LogP contribution < -0.4 is 0 Å². The minimum absolute atomic E-state index is 0.590. The lowest BCUT2D eigenvalue weighted by Crippen LogP contribution is -2.25. The van der Waals surface area contributed by atoms with Crippen molar-refractivity contribution in [3.63, 3.8) is 0 Å². The van der Waals surface area contributed by atoms with Crippen LogP contribution in [0, 0.1) is 0 Å². The lowest BCUT2D eigenvalue weighted by atomic mass is 10.3. The Morgan fingerprint density at radius 1 is 2.10 bits per heavy atom. The summed E-state index contributed by atoms with van der Waals surface area (Å²) in [6.07, 6.45) is -11.2. The van der Waals surface area contributed by atoms with Crippen molar-refractivity contribution in [1.82, 2.24) is 4.90 Å². The van der Waals surface area contributed by atoms with E-state index in [0.717, 1.165) is 0 Å². The molecule has 58 valence electrons. The zero-order valence-electron chi connectivity index (χ0n) is 13.8. The van der Waals surface area contributed by atoms with Crippen molar-refractivity contribution in [3.8, 4) is 0 Å². The van der Waals surface area contributed by atoms with Gasteiger partial charge in [-0.1, -0.05) is 0 Å². The third kappa shape index (κ3) is 3.88. The van der Waals surface area contributed by atoms with Gasteiger partial charge < -0.3 is 14.8 Å². The largest absolute Gasteiger partial charge is 0.465 e. The number of nitrogens with zero attached hydrogens (tertiary/aromatic N) is 1. The molecule has 0 rings (SSSR count). The number of carboxylic acid groups (broad SMARTS) is 1. The number of aldehydes is 1. The maximum Gasteiger partial charge on any atom is 0.407 e. The van der Waals surface area contributed by atoms with Crippen LogP contribution in [0.25, 0.3) is 0 Å². The quantitative estimate of drug-likeness (QED) is 0.602. The number of carbonyl (C=O) groups excluding carboxylic acids is 1. The summed E-state index contributed by atoms with van der Waals surface area (Å²) in [5.41, 5.74) is 0. The minimum atomic E-state index is -3.53. The monoisotopic (exact) mass is 154 g/mol. The highest BCUT2D eigenvalue weighted by Gasteiger charge is 2.02. The van der Waals surface area contributed by atoms with Gasteiger partial charge in [0.25, 0.3) is 0 Å². The van der Waals surface area contributed by atoms with Crippen LogP contribution in [0.2, 0.25) is 0 Å². The zero-order valence-corrected chi connectivity index (χ0v) is 4.79. The van der Waals surface area contributed by atoms with Gasteiger partial charge in [-0.2, -0.15) is 0 Å². The molecule has 0 heterocycles. The topological polar surface area (TPSA) is 57.6 Å². The fraction of sp³-hybridized carbons (Fsp3) is 0.667. The lowest BCUT2D eigenvalue weighted by molar-refractivity contribution is -0.108. The maximum absolute atomic E-state index is 10.8. The molecule has 0 bridgehead atoms. The van der Waals surface area contributed by atoms with Gasteiger partial charge in [0.15, 0.2) is 0 Å². The number of rotatable bonds is 4. The standard InChI is InChI=1S/C6H11NO3/c1-7(6(9)10)4-2-3-5-8/h5H,2-4H2,1H3,(H,9,10)/i1D3,2D2,3D2,4D,5D. The van der Waals surface area contributed by atoms with Crippen molar-refractivity contribution in [2.75, 3.05) is 13.5 Å².